The average Bonchev–Trinajstić information content (AvgIpc) is 3.31. The van der Waals surface area contributed by atoms with Crippen molar-refractivity contribution in [3.63, 3.8) is 0 Å². The zero-order chi connectivity index (χ0) is 22.0. The van der Waals surface area contributed by atoms with E-state index in [1.807, 2.05) is 0 Å². The van der Waals surface area contributed by atoms with Crippen LogP contribution in [0, 0.1) is 5.82 Å². The fourth-order valence-corrected chi connectivity index (χ4v) is 4.54. The number of amides is 2. The van der Waals surface area contributed by atoms with Crippen LogP contribution in [0.2, 0.25) is 0 Å². The summed E-state index contributed by atoms with van der Waals surface area (Å²) in [6.07, 6.45) is 1.96. The maximum Gasteiger partial charge on any atom is 0.261 e. The summed E-state index contributed by atoms with van der Waals surface area (Å²) in [5, 5.41) is 0. The number of fused-ring (bicyclic) bond motifs is 1. The van der Waals surface area contributed by atoms with Crippen molar-refractivity contribution in [1.29, 1.82) is 0 Å². The standard InChI is InChI=1S/C23H16FN3O5/c24-16-8-25-17-5-6-18(28)26-9-12(20(16)21(17)26)7-19-31-10-13(11-32-19)27-22(29)14-3-1-2-4-15(14)23(27)30/h1-8,13,19H,9-11H2/b12-7-. The molecule has 3 aliphatic rings. The molecule has 3 aromatic rings. The quantitative estimate of drug-likeness (QED) is 0.574. The van der Waals surface area contributed by atoms with Crippen LogP contribution in [0.5, 0.6) is 0 Å². The monoisotopic (exact) mass is 433 g/mol. The maximum atomic E-state index is 14.6. The van der Waals surface area contributed by atoms with Gasteiger partial charge < -0.3 is 14.0 Å². The van der Waals surface area contributed by atoms with Gasteiger partial charge in [-0.3, -0.25) is 24.3 Å². The number of halogens is 1. The number of ether oxygens (including phenoxy) is 2. The van der Waals surface area contributed by atoms with Crippen molar-refractivity contribution in [2.75, 3.05) is 13.2 Å². The topological polar surface area (TPSA) is 90.7 Å². The number of rotatable bonds is 2. The highest BCUT2D eigenvalue weighted by molar-refractivity contribution is 6.21. The minimum absolute atomic E-state index is 0.0844. The second-order valence-corrected chi connectivity index (χ2v) is 7.88. The minimum atomic E-state index is -0.802. The van der Waals surface area contributed by atoms with Gasteiger partial charge >= 0.3 is 0 Å². The zero-order valence-corrected chi connectivity index (χ0v) is 16.7. The molecule has 9 heteroatoms. The van der Waals surface area contributed by atoms with E-state index in [1.54, 1.807) is 36.4 Å². The zero-order valence-electron chi connectivity index (χ0n) is 16.7. The van der Waals surface area contributed by atoms with Crippen LogP contribution in [-0.2, 0) is 16.0 Å². The third-order valence-corrected chi connectivity index (χ3v) is 6.04. The van der Waals surface area contributed by atoms with Crippen molar-refractivity contribution >= 4 is 28.4 Å². The Morgan fingerprint density at radius 3 is 2.38 bits per heavy atom. The molecule has 2 amide bonds. The third-order valence-electron chi connectivity index (χ3n) is 6.04. The highest BCUT2D eigenvalue weighted by atomic mass is 19.1. The number of carbonyl (C=O) groups excluding carboxylic acids is 2. The number of imide groups is 1. The molecule has 0 saturated carbocycles. The predicted octanol–water partition coefficient (Wildman–Crippen LogP) is 1.97. The summed E-state index contributed by atoms with van der Waals surface area (Å²) in [7, 11) is 0. The highest BCUT2D eigenvalue weighted by Gasteiger charge is 2.41. The predicted molar refractivity (Wildman–Crippen MR) is 110 cm³/mol. The number of allylic oxidation sites excluding steroid dienone is 1. The number of benzene rings is 1. The van der Waals surface area contributed by atoms with Crippen LogP contribution in [0.4, 0.5) is 4.39 Å². The van der Waals surface area contributed by atoms with Gasteiger partial charge in [-0.05, 0) is 29.8 Å². The normalized spacial score (nSPS) is 23.4. The molecular formula is C23H16FN3O5. The van der Waals surface area contributed by atoms with E-state index in [1.165, 1.54) is 15.5 Å². The van der Waals surface area contributed by atoms with Gasteiger partial charge in [0.2, 0.25) is 0 Å². The van der Waals surface area contributed by atoms with Gasteiger partial charge in [0, 0.05) is 11.6 Å². The number of hydrogen-bond donors (Lipinski definition) is 0. The first kappa shape index (κ1) is 19.0. The van der Waals surface area contributed by atoms with Gasteiger partial charge in [0.25, 0.3) is 17.4 Å². The molecule has 0 atom stereocenters. The molecule has 0 N–H and O–H groups in total. The van der Waals surface area contributed by atoms with Gasteiger partial charge in [-0.1, -0.05) is 12.1 Å². The van der Waals surface area contributed by atoms with Crippen molar-refractivity contribution in [1.82, 2.24) is 14.5 Å². The Labute approximate surface area is 180 Å². The Morgan fingerprint density at radius 2 is 1.69 bits per heavy atom. The minimum Gasteiger partial charge on any atom is -0.347 e. The number of hydrogen-bond acceptors (Lipinski definition) is 6. The molecule has 0 radical (unpaired) electrons. The van der Waals surface area contributed by atoms with Crippen LogP contribution >= 0.6 is 0 Å². The Kier molecular flexibility index (Phi) is 4.11. The lowest BCUT2D eigenvalue weighted by Gasteiger charge is -2.32. The fraction of sp³-hybridized carbons (Fsp3) is 0.217. The summed E-state index contributed by atoms with van der Waals surface area (Å²) in [6, 6.07) is 9.08. The van der Waals surface area contributed by atoms with Crippen molar-refractivity contribution < 1.29 is 23.5 Å². The highest BCUT2D eigenvalue weighted by Crippen LogP contribution is 2.34. The maximum absolute atomic E-state index is 14.6. The molecule has 160 valence electrons. The van der Waals surface area contributed by atoms with E-state index in [-0.39, 0.29) is 37.1 Å². The molecule has 0 unspecified atom stereocenters. The lowest BCUT2D eigenvalue weighted by Crippen LogP contribution is -2.49. The Hall–Kier alpha value is -3.69. The molecule has 0 bridgehead atoms. The first-order chi connectivity index (χ1) is 15.5. The summed E-state index contributed by atoms with van der Waals surface area (Å²) in [6.45, 7) is 0.348. The van der Waals surface area contributed by atoms with Crippen LogP contribution in [0.25, 0.3) is 16.6 Å². The summed E-state index contributed by atoms with van der Waals surface area (Å²) in [5.74, 6) is -1.27. The molecule has 8 nitrogen and oxygen atoms in total. The molecule has 0 spiro atoms. The van der Waals surface area contributed by atoms with Crippen molar-refractivity contribution in [2.45, 2.75) is 18.9 Å². The first-order valence-corrected chi connectivity index (χ1v) is 10.1. The first-order valence-electron chi connectivity index (χ1n) is 10.1. The molecule has 5 heterocycles. The van der Waals surface area contributed by atoms with E-state index >= 15 is 0 Å². The molecule has 1 saturated heterocycles. The average molecular weight is 433 g/mol. The van der Waals surface area contributed by atoms with Crippen molar-refractivity contribution in [2.24, 2.45) is 0 Å². The molecular weight excluding hydrogens is 417 g/mol. The number of pyridine rings is 2. The van der Waals surface area contributed by atoms with E-state index in [2.05, 4.69) is 4.98 Å². The Morgan fingerprint density at radius 1 is 1.00 bits per heavy atom. The van der Waals surface area contributed by atoms with E-state index < -0.39 is 18.1 Å². The molecule has 2 aromatic heterocycles. The molecule has 3 aliphatic heterocycles. The summed E-state index contributed by atoms with van der Waals surface area (Å²) in [4.78, 5) is 42.8. The van der Waals surface area contributed by atoms with Gasteiger partial charge in [-0.2, -0.15) is 0 Å². The molecule has 32 heavy (non-hydrogen) atoms. The second-order valence-electron chi connectivity index (χ2n) is 7.88. The molecule has 1 fully saturated rings. The van der Waals surface area contributed by atoms with Gasteiger partial charge in [-0.15, -0.1) is 0 Å². The summed E-state index contributed by atoms with van der Waals surface area (Å²) >= 11 is 0. The third kappa shape index (κ3) is 2.68. The molecule has 1 aromatic carbocycles. The largest absolute Gasteiger partial charge is 0.347 e. The van der Waals surface area contributed by atoms with Gasteiger partial charge in [0.1, 0.15) is 0 Å². The number of nitrogens with zero attached hydrogens (tertiary/aromatic N) is 3. The lowest BCUT2D eigenvalue weighted by atomic mass is 10.1. The van der Waals surface area contributed by atoms with Crippen LogP contribution < -0.4 is 5.56 Å². The Balaban J connectivity index is 1.24. The molecule has 0 aliphatic carbocycles. The van der Waals surface area contributed by atoms with Gasteiger partial charge in [0.05, 0.1) is 54.2 Å². The summed E-state index contributed by atoms with van der Waals surface area (Å²) in [5.41, 5.74) is 2.33. The van der Waals surface area contributed by atoms with E-state index in [9.17, 15) is 18.8 Å². The number of aromatic nitrogens is 2. The van der Waals surface area contributed by atoms with Crippen LogP contribution in [0.1, 0.15) is 26.3 Å². The van der Waals surface area contributed by atoms with Crippen molar-refractivity contribution in [3.05, 3.63) is 81.5 Å². The smallest absolute Gasteiger partial charge is 0.261 e. The van der Waals surface area contributed by atoms with Crippen LogP contribution in [0.3, 0.4) is 0 Å². The van der Waals surface area contributed by atoms with E-state index in [0.717, 1.165) is 6.20 Å². The van der Waals surface area contributed by atoms with E-state index in [4.69, 9.17) is 9.47 Å². The molecule has 6 rings (SSSR count). The van der Waals surface area contributed by atoms with Crippen LogP contribution in [-0.4, -0.2) is 51.8 Å². The van der Waals surface area contributed by atoms with Gasteiger partial charge in [0.15, 0.2) is 12.1 Å². The van der Waals surface area contributed by atoms with Gasteiger partial charge in [-0.25, -0.2) is 4.39 Å². The Bertz CT molecular complexity index is 1370. The van der Waals surface area contributed by atoms with E-state index in [0.29, 0.717) is 33.3 Å². The lowest BCUT2D eigenvalue weighted by molar-refractivity contribution is -0.171. The number of carbonyl (C=O) groups is 2. The fourth-order valence-electron chi connectivity index (χ4n) is 4.54. The van der Waals surface area contributed by atoms with Crippen LogP contribution in [0.15, 0.2) is 53.5 Å². The van der Waals surface area contributed by atoms with Crippen molar-refractivity contribution in [3.8, 4) is 0 Å². The summed E-state index contributed by atoms with van der Waals surface area (Å²) < 4.78 is 27.6. The SMILES string of the molecule is O=C1c2ccccc2C(=O)N1C1COC(/C=C2/Cn3c(=O)ccc4ncc(F)c2c43)OC1. The second kappa shape index (κ2) is 6.91.